The van der Waals surface area contributed by atoms with Crippen molar-refractivity contribution in [2.75, 3.05) is 34.3 Å². The van der Waals surface area contributed by atoms with Crippen molar-refractivity contribution < 1.29 is 24.2 Å². The highest BCUT2D eigenvalue weighted by atomic mass is 35.5. The number of hydrogen-bond acceptors (Lipinski definition) is 6. The number of aliphatic hydroxyl groups is 1. The molecule has 1 fully saturated rings. The van der Waals surface area contributed by atoms with E-state index in [2.05, 4.69) is 0 Å². The standard InChI is InChI=1S/C29H29ClN2O5/c1-31(2)14-15-32-26(20-10-7-11-22(16-20)37-18-19-8-5-4-6-9-19)25(28(34)29(32)35)27(33)21-12-13-23(30)24(17-21)36-3/h4-13,16-17,26,33H,14-15,18H2,1-3H3/b27-25-. The number of amides is 1. The van der Waals surface area contributed by atoms with Crippen molar-refractivity contribution in [3.63, 3.8) is 0 Å². The summed E-state index contributed by atoms with van der Waals surface area (Å²) in [5.74, 6) is -0.759. The van der Waals surface area contributed by atoms with Gasteiger partial charge >= 0.3 is 0 Å². The van der Waals surface area contributed by atoms with E-state index in [9.17, 15) is 14.7 Å². The average molecular weight is 521 g/mol. The minimum atomic E-state index is -0.790. The third-order valence-corrected chi connectivity index (χ3v) is 6.49. The molecule has 37 heavy (non-hydrogen) atoms. The van der Waals surface area contributed by atoms with Crippen LogP contribution < -0.4 is 9.47 Å². The summed E-state index contributed by atoms with van der Waals surface area (Å²) in [6, 6.07) is 20.9. The van der Waals surface area contributed by atoms with Crippen molar-refractivity contribution in [2.45, 2.75) is 12.6 Å². The Morgan fingerprint density at radius 2 is 1.78 bits per heavy atom. The monoisotopic (exact) mass is 520 g/mol. The molecule has 8 heteroatoms. The van der Waals surface area contributed by atoms with Crippen molar-refractivity contribution in [1.82, 2.24) is 9.80 Å². The number of methoxy groups -OCH3 is 1. The number of halogens is 1. The fourth-order valence-electron chi connectivity index (χ4n) is 4.24. The number of aliphatic hydroxyl groups excluding tert-OH is 1. The summed E-state index contributed by atoms with van der Waals surface area (Å²) >= 11 is 6.15. The van der Waals surface area contributed by atoms with E-state index in [0.29, 0.717) is 47.3 Å². The Morgan fingerprint density at radius 1 is 1.03 bits per heavy atom. The molecule has 3 aromatic carbocycles. The van der Waals surface area contributed by atoms with Gasteiger partial charge in [0.05, 0.1) is 23.7 Å². The third-order valence-electron chi connectivity index (χ3n) is 6.17. The van der Waals surface area contributed by atoms with Crippen LogP contribution in [0.3, 0.4) is 0 Å². The van der Waals surface area contributed by atoms with Gasteiger partial charge in [0.2, 0.25) is 0 Å². The summed E-state index contributed by atoms with van der Waals surface area (Å²) in [4.78, 5) is 29.8. The average Bonchev–Trinajstić information content (AvgIpc) is 3.16. The molecule has 0 aromatic heterocycles. The Labute approximate surface area is 221 Å². The number of hydrogen-bond donors (Lipinski definition) is 1. The molecule has 0 radical (unpaired) electrons. The summed E-state index contributed by atoms with van der Waals surface area (Å²) < 4.78 is 11.3. The number of likely N-dealkylation sites (N-methyl/N-ethyl adjacent to an activating group) is 1. The molecule has 0 spiro atoms. The van der Waals surface area contributed by atoms with Crippen LogP contribution in [0.2, 0.25) is 5.02 Å². The predicted octanol–water partition coefficient (Wildman–Crippen LogP) is 4.91. The lowest BCUT2D eigenvalue weighted by molar-refractivity contribution is -0.140. The normalized spacial score (nSPS) is 16.9. The van der Waals surface area contributed by atoms with Crippen LogP contribution in [-0.2, 0) is 16.2 Å². The van der Waals surface area contributed by atoms with E-state index in [1.54, 1.807) is 24.3 Å². The first-order chi connectivity index (χ1) is 17.8. The van der Waals surface area contributed by atoms with E-state index in [1.165, 1.54) is 12.0 Å². The zero-order valence-electron chi connectivity index (χ0n) is 21.0. The Kier molecular flexibility index (Phi) is 8.16. The van der Waals surface area contributed by atoms with Gasteiger partial charge in [-0.3, -0.25) is 9.59 Å². The SMILES string of the molecule is COc1cc(/C(O)=C2/C(=O)C(=O)N(CCN(C)C)C2c2cccc(OCc3ccccc3)c2)ccc1Cl. The molecule has 1 atom stereocenters. The molecule has 1 N–H and O–H groups in total. The molecule has 1 unspecified atom stereocenters. The topological polar surface area (TPSA) is 79.3 Å². The highest BCUT2D eigenvalue weighted by Gasteiger charge is 2.46. The number of carbonyl (C=O) groups excluding carboxylic acids is 2. The minimum Gasteiger partial charge on any atom is -0.507 e. The highest BCUT2D eigenvalue weighted by molar-refractivity contribution is 6.46. The van der Waals surface area contributed by atoms with Crippen molar-refractivity contribution in [3.8, 4) is 11.5 Å². The molecule has 0 bridgehead atoms. The van der Waals surface area contributed by atoms with Gasteiger partial charge < -0.3 is 24.4 Å². The molecular weight excluding hydrogens is 492 g/mol. The van der Waals surface area contributed by atoms with Crippen molar-refractivity contribution in [1.29, 1.82) is 0 Å². The molecular formula is C29H29ClN2O5. The van der Waals surface area contributed by atoms with Gasteiger partial charge in [0, 0.05) is 18.7 Å². The van der Waals surface area contributed by atoms with Crippen LogP contribution in [0.4, 0.5) is 0 Å². The molecule has 7 nitrogen and oxygen atoms in total. The molecule has 0 saturated carbocycles. The van der Waals surface area contributed by atoms with Crippen LogP contribution >= 0.6 is 11.6 Å². The second kappa shape index (κ2) is 11.5. The molecule has 192 valence electrons. The van der Waals surface area contributed by atoms with Crippen LogP contribution in [0.15, 0.2) is 78.4 Å². The largest absolute Gasteiger partial charge is 0.507 e. The van der Waals surface area contributed by atoms with Gasteiger partial charge in [0.25, 0.3) is 11.7 Å². The fraction of sp³-hybridized carbons (Fsp3) is 0.241. The summed E-state index contributed by atoms with van der Waals surface area (Å²) in [5.41, 5.74) is 2.01. The Morgan fingerprint density at radius 3 is 2.49 bits per heavy atom. The molecule has 1 amide bonds. The van der Waals surface area contributed by atoms with E-state index < -0.39 is 17.7 Å². The Hall–Kier alpha value is -3.81. The van der Waals surface area contributed by atoms with Gasteiger partial charge in [-0.1, -0.05) is 54.1 Å². The third kappa shape index (κ3) is 5.79. The van der Waals surface area contributed by atoms with E-state index in [1.807, 2.05) is 67.5 Å². The van der Waals surface area contributed by atoms with Crippen LogP contribution in [0, 0.1) is 0 Å². The number of benzene rings is 3. The lowest BCUT2D eigenvalue weighted by Gasteiger charge is -2.27. The maximum Gasteiger partial charge on any atom is 0.295 e. The highest BCUT2D eigenvalue weighted by Crippen LogP contribution is 2.41. The predicted molar refractivity (Wildman–Crippen MR) is 143 cm³/mol. The van der Waals surface area contributed by atoms with Crippen LogP contribution in [0.1, 0.15) is 22.7 Å². The van der Waals surface area contributed by atoms with Crippen molar-refractivity contribution in [3.05, 3.63) is 100 Å². The van der Waals surface area contributed by atoms with Crippen molar-refractivity contribution in [2.24, 2.45) is 0 Å². The zero-order chi connectivity index (χ0) is 26.5. The summed E-state index contributed by atoms with van der Waals surface area (Å²) in [7, 11) is 5.25. The second-order valence-electron chi connectivity index (χ2n) is 8.99. The molecule has 0 aliphatic carbocycles. The number of likely N-dealkylation sites (tertiary alicyclic amines) is 1. The smallest absolute Gasteiger partial charge is 0.295 e. The number of carbonyl (C=O) groups is 2. The number of rotatable bonds is 9. The molecule has 4 rings (SSSR count). The number of Topliss-reactive ketones (excluding diaryl/α,β-unsaturated/α-hetero) is 1. The van der Waals surface area contributed by atoms with E-state index in [0.717, 1.165) is 5.56 Å². The van der Waals surface area contributed by atoms with Gasteiger partial charge in [0.15, 0.2) is 0 Å². The molecule has 1 heterocycles. The molecule has 1 aliphatic rings. The first-order valence-corrected chi connectivity index (χ1v) is 12.2. The zero-order valence-corrected chi connectivity index (χ0v) is 21.7. The summed E-state index contributed by atoms with van der Waals surface area (Å²) in [6.07, 6.45) is 0. The van der Waals surface area contributed by atoms with E-state index in [-0.39, 0.29) is 11.3 Å². The minimum absolute atomic E-state index is 0.00772. The first-order valence-electron chi connectivity index (χ1n) is 11.8. The Balaban J connectivity index is 1.76. The number of ether oxygens (including phenoxy) is 2. The van der Waals surface area contributed by atoms with Crippen LogP contribution in [0.25, 0.3) is 5.76 Å². The van der Waals surface area contributed by atoms with Gasteiger partial charge in [0.1, 0.15) is 23.9 Å². The molecule has 1 aliphatic heterocycles. The fourth-order valence-corrected chi connectivity index (χ4v) is 4.44. The molecule has 1 saturated heterocycles. The van der Waals surface area contributed by atoms with Crippen LogP contribution in [0.5, 0.6) is 11.5 Å². The Bertz CT molecular complexity index is 1320. The lowest BCUT2D eigenvalue weighted by atomic mass is 9.95. The summed E-state index contributed by atoms with van der Waals surface area (Å²) in [5, 5.41) is 11.7. The molecule has 3 aromatic rings. The van der Waals surface area contributed by atoms with Crippen molar-refractivity contribution >= 4 is 29.1 Å². The van der Waals surface area contributed by atoms with Gasteiger partial charge in [-0.2, -0.15) is 0 Å². The van der Waals surface area contributed by atoms with E-state index in [4.69, 9.17) is 21.1 Å². The number of nitrogens with zero attached hydrogens (tertiary/aromatic N) is 2. The lowest BCUT2D eigenvalue weighted by Crippen LogP contribution is -2.35. The first kappa shape index (κ1) is 26.3. The van der Waals surface area contributed by atoms with Gasteiger partial charge in [-0.05, 0) is 55.6 Å². The van der Waals surface area contributed by atoms with Crippen LogP contribution in [-0.4, -0.2) is 60.9 Å². The maximum atomic E-state index is 13.3. The van der Waals surface area contributed by atoms with Gasteiger partial charge in [-0.25, -0.2) is 0 Å². The second-order valence-corrected chi connectivity index (χ2v) is 9.40. The summed E-state index contributed by atoms with van der Waals surface area (Å²) in [6.45, 7) is 1.22. The van der Waals surface area contributed by atoms with E-state index >= 15 is 0 Å². The maximum absolute atomic E-state index is 13.3. The van der Waals surface area contributed by atoms with Gasteiger partial charge in [-0.15, -0.1) is 0 Å². The quantitative estimate of drug-likeness (QED) is 0.245. The number of ketones is 1.